The highest BCUT2D eigenvalue weighted by Crippen LogP contribution is 2.42. The van der Waals surface area contributed by atoms with E-state index in [9.17, 15) is 0 Å². The first kappa shape index (κ1) is 17.6. The number of unbranched alkanes of at least 4 members (excludes halogenated alkanes) is 2. The van der Waals surface area contributed by atoms with Gasteiger partial charge in [0.2, 0.25) is 0 Å². The lowest BCUT2D eigenvalue weighted by molar-refractivity contribution is 0.00578. The molecule has 2 rings (SSSR count). The Morgan fingerprint density at radius 3 is 2.09 bits per heavy atom. The molecule has 1 fully saturated rings. The van der Waals surface area contributed by atoms with E-state index < -0.39 is 0 Å². The van der Waals surface area contributed by atoms with Crippen LogP contribution in [-0.4, -0.2) is 18.3 Å². The van der Waals surface area contributed by atoms with Crippen LogP contribution in [0.4, 0.5) is 0 Å². The number of hydrogen-bond acceptors (Lipinski definition) is 2. The Balaban J connectivity index is 2.08. The van der Waals surface area contributed by atoms with Gasteiger partial charge in [-0.1, -0.05) is 62.9 Å². The van der Waals surface area contributed by atoms with Gasteiger partial charge in [-0.15, -0.1) is 0 Å². The molecule has 1 aromatic rings. The van der Waals surface area contributed by atoms with Crippen molar-refractivity contribution in [1.82, 2.24) is 0 Å². The molecule has 1 saturated heterocycles. The smallest absolute Gasteiger partial charge is 0.403 e. The molecule has 0 saturated carbocycles. The molecule has 1 aromatic carbocycles. The lowest BCUT2D eigenvalue weighted by atomic mass is 9.66. The van der Waals surface area contributed by atoms with E-state index in [1.165, 1.54) is 31.2 Å². The average molecular weight is 302 g/mol. The van der Waals surface area contributed by atoms with Crippen molar-refractivity contribution in [2.75, 3.05) is 0 Å². The predicted octanol–water partition coefficient (Wildman–Crippen LogP) is 5.27. The van der Waals surface area contributed by atoms with Gasteiger partial charge in [0.15, 0.2) is 0 Å². The van der Waals surface area contributed by atoms with E-state index in [-0.39, 0.29) is 18.3 Å². The van der Waals surface area contributed by atoms with Gasteiger partial charge in [0.1, 0.15) is 0 Å². The van der Waals surface area contributed by atoms with Gasteiger partial charge in [0.25, 0.3) is 0 Å². The molecular weight excluding hydrogens is 271 g/mol. The van der Waals surface area contributed by atoms with Crippen molar-refractivity contribution >= 4 is 7.12 Å². The number of rotatable bonds is 7. The first-order valence-electron chi connectivity index (χ1n) is 8.75. The fraction of sp³-hybridized carbons (Fsp3) is 0.684. The third-order valence-corrected chi connectivity index (χ3v) is 5.18. The molecule has 0 aliphatic carbocycles. The Labute approximate surface area is 136 Å². The minimum atomic E-state index is -0.239. The lowest BCUT2D eigenvalue weighted by Crippen LogP contribution is -2.41. The largest absolute Gasteiger partial charge is 0.461 e. The van der Waals surface area contributed by atoms with Crippen molar-refractivity contribution in [3.05, 3.63) is 35.9 Å². The monoisotopic (exact) mass is 302 g/mol. The second kappa shape index (κ2) is 7.19. The van der Waals surface area contributed by atoms with Gasteiger partial charge in [-0.3, -0.25) is 0 Å². The molecule has 0 N–H and O–H groups in total. The van der Waals surface area contributed by atoms with E-state index in [4.69, 9.17) is 9.31 Å². The van der Waals surface area contributed by atoms with Gasteiger partial charge < -0.3 is 9.31 Å². The Morgan fingerprint density at radius 2 is 1.55 bits per heavy atom. The standard InChI is InChI=1S/C19H31BO2/c1-6-7-9-14-17(15-16-12-10-8-11-13-16)20-21-18(2,3)19(4,5)22-20/h8,10-13,17H,6-7,9,14-15H2,1-5H3/t17-/m0/s1. The summed E-state index contributed by atoms with van der Waals surface area (Å²) >= 11 is 0. The molecule has 0 radical (unpaired) electrons. The van der Waals surface area contributed by atoms with Gasteiger partial charge >= 0.3 is 7.12 Å². The molecule has 0 bridgehead atoms. The summed E-state index contributed by atoms with van der Waals surface area (Å²) < 4.78 is 12.6. The minimum absolute atomic E-state index is 0.0953. The third kappa shape index (κ3) is 4.14. The van der Waals surface area contributed by atoms with Crippen molar-refractivity contribution in [3.8, 4) is 0 Å². The summed E-state index contributed by atoms with van der Waals surface area (Å²) in [5, 5.41) is 0. The van der Waals surface area contributed by atoms with Crippen molar-refractivity contribution in [3.63, 3.8) is 0 Å². The second-order valence-electron chi connectivity index (χ2n) is 7.57. The van der Waals surface area contributed by atoms with E-state index in [1.807, 2.05) is 0 Å². The van der Waals surface area contributed by atoms with Crippen LogP contribution in [0, 0.1) is 0 Å². The molecule has 1 aliphatic rings. The van der Waals surface area contributed by atoms with Crippen LogP contribution in [0.25, 0.3) is 0 Å². The van der Waals surface area contributed by atoms with Crippen LogP contribution >= 0.6 is 0 Å². The molecule has 1 atom stereocenters. The van der Waals surface area contributed by atoms with E-state index >= 15 is 0 Å². The molecule has 3 heteroatoms. The molecule has 0 spiro atoms. The number of hydrogen-bond donors (Lipinski definition) is 0. The summed E-state index contributed by atoms with van der Waals surface area (Å²) in [6, 6.07) is 10.7. The Kier molecular flexibility index (Phi) is 5.73. The maximum Gasteiger partial charge on any atom is 0.461 e. The lowest BCUT2D eigenvalue weighted by Gasteiger charge is -2.32. The fourth-order valence-corrected chi connectivity index (χ4v) is 2.99. The maximum atomic E-state index is 6.31. The summed E-state index contributed by atoms with van der Waals surface area (Å²) in [5.41, 5.74) is 0.896. The Morgan fingerprint density at radius 1 is 0.955 bits per heavy atom. The van der Waals surface area contributed by atoms with Gasteiger partial charge in [-0.05, 0) is 45.5 Å². The Hall–Kier alpha value is -0.795. The molecular formula is C19H31BO2. The quantitative estimate of drug-likeness (QED) is 0.504. The normalized spacial score (nSPS) is 21.0. The van der Waals surface area contributed by atoms with Gasteiger partial charge in [-0.25, -0.2) is 0 Å². The van der Waals surface area contributed by atoms with Crippen molar-refractivity contribution in [2.24, 2.45) is 0 Å². The second-order valence-corrected chi connectivity index (χ2v) is 7.57. The zero-order chi connectivity index (χ0) is 16.2. The highest BCUT2D eigenvalue weighted by molar-refractivity contribution is 6.47. The molecule has 2 nitrogen and oxygen atoms in total. The molecule has 0 aromatic heterocycles. The molecule has 0 unspecified atom stereocenters. The number of benzene rings is 1. The molecule has 1 heterocycles. The highest BCUT2D eigenvalue weighted by atomic mass is 16.7. The fourth-order valence-electron chi connectivity index (χ4n) is 2.99. The summed E-state index contributed by atoms with van der Waals surface area (Å²) in [6.45, 7) is 10.8. The van der Waals surface area contributed by atoms with Gasteiger partial charge in [0, 0.05) is 0 Å². The zero-order valence-electron chi connectivity index (χ0n) is 14.9. The minimum Gasteiger partial charge on any atom is -0.403 e. The molecule has 122 valence electrons. The SMILES string of the molecule is CCCCC[C@@H](Cc1ccccc1)B1OC(C)(C)C(C)(C)O1. The zero-order valence-corrected chi connectivity index (χ0v) is 14.9. The maximum absolute atomic E-state index is 6.31. The van der Waals surface area contributed by atoms with E-state index in [0.29, 0.717) is 5.82 Å². The molecule has 22 heavy (non-hydrogen) atoms. The van der Waals surface area contributed by atoms with E-state index in [1.54, 1.807) is 0 Å². The average Bonchev–Trinajstić information content (AvgIpc) is 2.68. The summed E-state index contributed by atoms with van der Waals surface area (Å²) in [4.78, 5) is 0. The Bertz CT molecular complexity index is 440. The van der Waals surface area contributed by atoms with Crippen molar-refractivity contribution in [2.45, 2.75) is 83.7 Å². The van der Waals surface area contributed by atoms with Crippen LogP contribution in [0.3, 0.4) is 0 Å². The van der Waals surface area contributed by atoms with Crippen LogP contribution in [0.15, 0.2) is 30.3 Å². The van der Waals surface area contributed by atoms with Crippen LogP contribution < -0.4 is 0 Å². The van der Waals surface area contributed by atoms with Crippen LogP contribution in [0.1, 0.15) is 65.9 Å². The van der Waals surface area contributed by atoms with Crippen molar-refractivity contribution < 1.29 is 9.31 Å². The first-order chi connectivity index (χ1) is 10.4. The van der Waals surface area contributed by atoms with Crippen LogP contribution in [0.2, 0.25) is 5.82 Å². The van der Waals surface area contributed by atoms with Crippen molar-refractivity contribution in [1.29, 1.82) is 0 Å². The van der Waals surface area contributed by atoms with Gasteiger partial charge in [-0.2, -0.15) is 0 Å². The van der Waals surface area contributed by atoms with Gasteiger partial charge in [0.05, 0.1) is 11.2 Å². The summed E-state index contributed by atoms with van der Waals surface area (Å²) in [6.07, 6.45) is 5.98. The third-order valence-electron chi connectivity index (χ3n) is 5.18. The van der Waals surface area contributed by atoms with Crippen LogP contribution in [-0.2, 0) is 15.7 Å². The molecule has 0 amide bonds. The first-order valence-corrected chi connectivity index (χ1v) is 8.75. The summed E-state index contributed by atoms with van der Waals surface area (Å²) in [5.74, 6) is 0.426. The summed E-state index contributed by atoms with van der Waals surface area (Å²) in [7, 11) is -0.0953. The topological polar surface area (TPSA) is 18.5 Å². The van der Waals surface area contributed by atoms with E-state index in [2.05, 4.69) is 65.0 Å². The highest BCUT2D eigenvalue weighted by Gasteiger charge is 2.53. The van der Waals surface area contributed by atoms with E-state index in [0.717, 1.165) is 6.42 Å². The predicted molar refractivity (Wildman–Crippen MR) is 94.1 cm³/mol. The van der Waals surface area contributed by atoms with Crippen LogP contribution in [0.5, 0.6) is 0 Å². The molecule has 1 aliphatic heterocycles.